The average molecular weight is 534 g/mol. The number of hydrogen-bond donors (Lipinski definition) is 2. The van der Waals surface area contributed by atoms with Crippen molar-refractivity contribution in [1.82, 2.24) is 10.2 Å². The minimum absolute atomic E-state index is 0.0921. The molecule has 39 heavy (non-hydrogen) atoms. The van der Waals surface area contributed by atoms with Crippen LogP contribution in [0.25, 0.3) is 0 Å². The quantitative estimate of drug-likeness (QED) is 0.357. The van der Waals surface area contributed by atoms with Crippen molar-refractivity contribution in [2.45, 2.75) is 18.6 Å². The van der Waals surface area contributed by atoms with E-state index in [1.165, 1.54) is 4.90 Å². The zero-order valence-corrected chi connectivity index (χ0v) is 21.6. The minimum atomic E-state index is -1.31. The van der Waals surface area contributed by atoms with Gasteiger partial charge < -0.3 is 11.1 Å². The number of nitrogens with zero attached hydrogens (tertiary/aromatic N) is 3. The van der Waals surface area contributed by atoms with Crippen molar-refractivity contribution in [2.75, 3.05) is 0 Å². The van der Waals surface area contributed by atoms with Crippen molar-refractivity contribution < 1.29 is 9.59 Å². The molecule has 8 heteroatoms. The molecule has 0 aromatic heterocycles. The molecule has 3 N–H and O–H groups in total. The number of halogens is 1. The zero-order valence-electron chi connectivity index (χ0n) is 20.8. The SMILES string of the molecule is N#Cc1ccc(CNC(=O)c2cc(CN3C(=O)C(c4ccccc4)(c4ccccc4)N=C3N)ccc2Cl)cc1. The number of nitriles is 1. The predicted octanol–water partition coefficient (Wildman–Crippen LogP) is 4.74. The van der Waals surface area contributed by atoms with Crippen LogP contribution in [0.5, 0.6) is 0 Å². The summed E-state index contributed by atoms with van der Waals surface area (Å²) in [5, 5.41) is 12.1. The second-order valence-corrected chi connectivity index (χ2v) is 9.52. The van der Waals surface area contributed by atoms with Crippen LogP contribution in [0, 0.1) is 11.3 Å². The first-order chi connectivity index (χ1) is 18.9. The number of hydrogen-bond acceptors (Lipinski definition) is 5. The normalized spacial score (nSPS) is 14.0. The smallest absolute Gasteiger partial charge is 0.266 e. The number of guanidine groups is 1. The summed E-state index contributed by atoms with van der Waals surface area (Å²) in [4.78, 5) is 33.2. The zero-order chi connectivity index (χ0) is 27.4. The third kappa shape index (κ3) is 4.98. The first kappa shape index (κ1) is 25.7. The molecule has 5 rings (SSSR count). The van der Waals surface area contributed by atoms with Gasteiger partial charge in [-0.1, -0.05) is 90.5 Å². The van der Waals surface area contributed by atoms with Crippen LogP contribution in [-0.4, -0.2) is 22.7 Å². The van der Waals surface area contributed by atoms with Gasteiger partial charge in [0.15, 0.2) is 11.5 Å². The molecule has 0 atom stereocenters. The van der Waals surface area contributed by atoms with Gasteiger partial charge in [-0.3, -0.25) is 14.5 Å². The lowest BCUT2D eigenvalue weighted by molar-refractivity contribution is -0.130. The van der Waals surface area contributed by atoms with Crippen molar-refractivity contribution >= 4 is 29.4 Å². The number of amides is 2. The van der Waals surface area contributed by atoms with Crippen molar-refractivity contribution in [3.05, 3.63) is 142 Å². The van der Waals surface area contributed by atoms with Crippen molar-refractivity contribution in [2.24, 2.45) is 10.7 Å². The monoisotopic (exact) mass is 533 g/mol. The predicted molar refractivity (Wildman–Crippen MR) is 150 cm³/mol. The summed E-state index contributed by atoms with van der Waals surface area (Å²) in [6.07, 6.45) is 0. The van der Waals surface area contributed by atoms with E-state index in [4.69, 9.17) is 27.6 Å². The molecule has 0 radical (unpaired) electrons. The molecule has 4 aromatic rings. The first-order valence-electron chi connectivity index (χ1n) is 12.3. The van der Waals surface area contributed by atoms with E-state index in [0.29, 0.717) is 22.3 Å². The van der Waals surface area contributed by atoms with Gasteiger partial charge in [0, 0.05) is 6.54 Å². The third-order valence-electron chi connectivity index (χ3n) is 6.65. The van der Waals surface area contributed by atoms with Crippen molar-refractivity contribution in [3.8, 4) is 6.07 Å². The standard InChI is InChI=1S/C31H24ClN5O2/c32-27-16-15-23(17-26(27)28(38)35-19-22-13-11-21(18-33)12-14-22)20-37-29(39)31(36-30(37)34,24-7-3-1-4-8-24)25-9-5-2-6-10-25/h1-17H,19-20H2,(H2,34,36)(H,35,38). The largest absolute Gasteiger partial charge is 0.369 e. The van der Waals surface area contributed by atoms with Crippen LogP contribution in [0.4, 0.5) is 0 Å². The third-order valence-corrected chi connectivity index (χ3v) is 6.98. The van der Waals surface area contributed by atoms with Gasteiger partial charge in [0.25, 0.3) is 11.8 Å². The van der Waals surface area contributed by atoms with Crippen LogP contribution in [0.3, 0.4) is 0 Å². The van der Waals surface area contributed by atoms with Gasteiger partial charge in [-0.15, -0.1) is 0 Å². The van der Waals surface area contributed by atoms with E-state index in [1.807, 2.05) is 60.7 Å². The Labute approximate surface area is 231 Å². The maximum atomic E-state index is 14.0. The Morgan fingerprint density at radius 3 is 2.10 bits per heavy atom. The summed E-state index contributed by atoms with van der Waals surface area (Å²) in [5.41, 5.74) is 8.82. The van der Waals surface area contributed by atoms with E-state index in [1.54, 1.807) is 42.5 Å². The number of aliphatic imine (C=N–C) groups is 1. The molecule has 4 aromatic carbocycles. The lowest BCUT2D eigenvalue weighted by Crippen LogP contribution is -2.43. The lowest BCUT2D eigenvalue weighted by atomic mass is 9.83. The molecule has 0 saturated carbocycles. The van der Waals surface area contributed by atoms with Crippen LogP contribution < -0.4 is 11.1 Å². The maximum absolute atomic E-state index is 14.0. The highest BCUT2D eigenvalue weighted by molar-refractivity contribution is 6.33. The van der Waals surface area contributed by atoms with Gasteiger partial charge in [-0.2, -0.15) is 5.26 Å². The molecule has 0 saturated heterocycles. The highest BCUT2D eigenvalue weighted by atomic mass is 35.5. The Balaban J connectivity index is 1.39. The first-order valence-corrected chi connectivity index (χ1v) is 12.6. The Morgan fingerprint density at radius 2 is 1.51 bits per heavy atom. The fourth-order valence-corrected chi connectivity index (χ4v) is 4.84. The van der Waals surface area contributed by atoms with Gasteiger partial charge in [-0.25, -0.2) is 4.99 Å². The fraction of sp³-hybridized carbons (Fsp3) is 0.0968. The molecule has 192 valence electrons. The Kier molecular flexibility index (Phi) is 7.13. The van der Waals surface area contributed by atoms with E-state index >= 15 is 0 Å². The molecule has 0 spiro atoms. The maximum Gasteiger partial charge on any atom is 0.266 e. The van der Waals surface area contributed by atoms with Crippen LogP contribution in [-0.2, 0) is 23.4 Å². The van der Waals surface area contributed by atoms with Crippen LogP contribution in [0.15, 0.2) is 108 Å². The molecule has 0 unspecified atom stereocenters. The van der Waals surface area contributed by atoms with E-state index in [9.17, 15) is 9.59 Å². The topological polar surface area (TPSA) is 112 Å². The molecule has 1 aliphatic heterocycles. The second-order valence-electron chi connectivity index (χ2n) is 9.11. The highest BCUT2D eigenvalue weighted by Crippen LogP contribution is 2.40. The molecule has 0 bridgehead atoms. The molecular formula is C31H24ClN5O2. The van der Waals surface area contributed by atoms with E-state index in [-0.39, 0.29) is 41.4 Å². The molecule has 1 aliphatic rings. The number of rotatable bonds is 7. The second kappa shape index (κ2) is 10.8. The Morgan fingerprint density at radius 1 is 0.923 bits per heavy atom. The van der Waals surface area contributed by atoms with Gasteiger partial charge in [0.2, 0.25) is 0 Å². The molecule has 0 fully saturated rings. The molecule has 7 nitrogen and oxygen atoms in total. The van der Waals surface area contributed by atoms with Crippen molar-refractivity contribution in [1.29, 1.82) is 5.26 Å². The van der Waals surface area contributed by atoms with Crippen LogP contribution >= 0.6 is 11.6 Å². The summed E-state index contributed by atoms with van der Waals surface area (Å²) in [6, 6.07) is 32.7. The fourth-order valence-electron chi connectivity index (χ4n) is 4.64. The van der Waals surface area contributed by atoms with Gasteiger partial charge in [-0.05, 0) is 46.5 Å². The van der Waals surface area contributed by atoms with Crippen LogP contribution in [0.2, 0.25) is 5.02 Å². The van der Waals surface area contributed by atoms with E-state index in [0.717, 1.165) is 5.56 Å². The van der Waals surface area contributed by atoms with Crippen molar-refractivity contribution in [3.63, 3.8) is 0 Å². The number of carbonyl (C=O) groups is 2. The molecule has 1 heterocycles. The number of carbonyl (C=O) groups excluding carboxylic acids is 2. The highest BCUT2D eigenvalue weighted by Gasteiger charge is 2.50. The van der Waals surface area contributed by atoms with Gasteiger partial charge >= 0.3 is 0 Å². The minimum Gasteiger partial charge on any atom is -0.369 e. The summed E-state index contributed by atoms with van der Waals surface area (Å²) >= 11 is 6.37. The Hall–Kier alpha value is -4.93. The summed E-state index contributed by atoms with van der Waals surface area (Å²) < 4.78 is 0. The van der Waals surface area contributed by atoms with Crippen LogP contribution in [0.1, 0.15) is 38.2 Å². The number of nitrogens with one attached hydrogen (secondary N) is 1. The van der Waals surface area contributed by atoms with E-state index < -0.39 is 5.54 Å². The number of nitrogens with two attached hydrogens (primary N) is 1. The number of benzene rings is 4. The lowest BCUT2D eigenvalue weighted by Gasteiger charge is -2.27. The molecule has 2 amide bonds. The van der Waals surface area contributed by atoms with Gasteiger partial charge in [0.1, 0.15) is 0 Å². The summed E-state index contributed by atoms with van der Waals surface area (Å²) in [6.45, 7) is 0.384. The molecular weight excluding hydrogens is 510 g/mol. The average Bonchev–Trinajstić information content (AvgIpc) is 3.23. The molecule has 0 aliphatic carbocycles. The summed E-state index contributed by atoms with van der Waals surface area (Å²) in [5.74, 6) is -0.544. The Bertz CT molecular complexity index is 1560. The summed E-state index contributed by atoms with van der Waals surface area (Å²) in [7, 11) is 0. The van der Waals surface area contributed by atoms with Gasteiger partial charge in [0.05, 0.1) is 28.8 Å². The van der Waals surface area contributed by atoms with E-state index in [2.05, 4.69) is 11.4 Å².